The van der Waals surface area contributed by atoms with Gasteiger partial charge >= 0.3 is 0 Å². The molecule has 142 valence electrons. The molecular formula is C21H24N2O4. The Morgan fingerprint density at radius 3 is 2.33 bits per heavy atom. The maximum Gasteiger partial charge on any atom is 0.265 e. The van der Waals surface area contributed by atoms with Crippen LogP contribution in [0, 0.1) is 0 Å². The number of methoxy groups -OCH3 is 2. The minimum Gasteiger partial charge on any atom is -0.497 e. The molecule has 0 unspecified atom stereocenters. The number of aromatic nitrogens is 2. The summed E-state index contributed by atoms with van der Waals surface area (Å²) in [5, 5.41) is 0.496. The lowest BCUT2D eigenvalue weighted by Gasteiger charge is -2.21. The maximum atomic E-state index is 13.1. The van der Waals surface area contributed by atoms with Crippen molar-refractivity contribution in [1.29, 1.82) is 0 Å². The highest BCUT2D eigenvalue weighted by Crippen LogP contribution is 2.24. The SMILES string of the molecule is COc1ccc(-n2cnc3ccc(OC)cc3c2=O)c(COC(C)(C)C)c1. The van der Waals surface area contributed by atoms with Crippen LogP contribution in [0.1, 0.15) is 26.3 Å². The van der Waals surface area contributed by atoms with Gasteiger partial charge in [-0.05, 0) is 57.2 Å². The molecule has 0 saturated heterocycles. The van der Waals surface area contributed by atoms with Gasteiger partial charge in [-0.1, -0.05) is 0 Å². The van der Waals surface area contributed by atoms with Crippen molar-refractivity contribution in [3.8, 4) is 17.2 Å². The van der Waals surface area contributed by atoms with Gasteiger partial charge in [-0.15, -0.1) is 0 Å². The molecule has 0 bridgehead atoms. The summed E-state index contributed by atoms with van der Waals surface area (Å²) in [5.74, 6) is 1.32. The van der Waals surface area contributed by atoms with E-state index in [0.29, 0.717) is 34.7 Å². The van der Waals surface area contributed by atoms with Gasteiger partial charge in [-0.25, -0.2) is 4.98 Å². The second-order valence-corrected chi connectivity index (χ2v) is 7.20. The summed E-state index contributed by atoms with van der Waals surface area (Å²) in [4.78, 5) is 17.5. The van der Waals surface area contributed by atoms with Gasteiger partial charge in [-0.2, -0.15) is 0 Å². The molecule has 0 aliphatic heterocycles. The number of ether oxygens (including phenoxy) is 3. The largest absolute Gasteiger partial charge is 0.497 e. The summed E-state index contributed by atoms with van der Waals surface area (Å²) in [6.45, 7) is 6.31. The van der Waals surface area contributed by atoms with Crippen LogP contribution >= 0.6 is 0 Å². The van der Waals surface area contributed by atoms with Crippen LogP contribution < -0.4 is 15.0 Å². The molecule has 0 saturated carbocycles. The fraction of sp³-hybridized carbons (Fsp3) is 0.333. The Hall–Kier alpha value is -2.86. The fourth-order valence-corrected chi connectivity index (χ4v) is 2.73. The van der Waals surface area contributed by atoms with Gasteiger partial charge in [0.15, 0.2) is 0 Å². The Morgan fingerprint density at radius 1 is 1.00 bits per heavy atom. The molecule has 1 heterocycles. The van der Waals surface area contributed by atoms with Crippen LogP contribution in [0.25, 0.3) is 16.6 Å². The summed E-state index contributed by atoms with van der Waals surface area (Å²) in [5.41, 5.74) is 1.71. The van der Waals surface area contributed by atoms with E-state index in [1.54, 1.807) is 38.7 Å². The van der Waals surface area contributed by atoms with Crippen LogP contribution in [-0.2, 0) is 11.3 Å². The molecule has 3 rings (SSSR count). The van der Waals surface area contributed by atoms with Crippen molar-refractivity contribution in [3.05, 3.63) is 58.6 Å². The Bertz CT molecular complexity index is 1020. The van der Waals surface area contributed by atoms with Crippen LogP contribution in [0.5, 0.6) is 11.5 Å². The minimum absolute atomic E-state index is 0.166. The van der Waals surface area contributed by atoms with Crippen LogP contribution in [-0.4, -0.2) is 29.4 Å². The Balaban J connectivity index is 2.15. The van der Waals surface area contributed by atoms with E-state index in [9.17, 15) is 4.79 Å². The summed E-state index contributed by atoms with van der Waals surface area (Å²) < 4.78 is 18.0. The number of hydrogen-bond donors (Lipinski definition) is 0. The molecule has 0 N–H and O–H groups in total. The van der Waals surface area contributed by atoms with Gasteiger partial charge < -0.3 is 14.2 Å². The van der Waals surface area contributed by atoms with Crippen molar-refractivity contribution in [2.75, 3.05) is 14.2 Å². The molecule has 0 amide bonds. The highest BCUT2D eigenvalue weighted by molar-refractivity contribution is 5.79. The molecule has 0 aliphatic rings. The highest BCUT2D eigenvalue weighted by Gasteiger charge is 2.15. The Morgan fingerprint density at radius 2 is 1.67 bits per heavy atom. The Kier molecular flexibility index (Phi) is 5.19. The normalized spacial score (nSPS) is 11.6. The predicted molar refractivity (Wildman–Crippen MR) is 105 cm³/mol. The number of hydrogen-bond acceptors (Lipinski definition) is 5. The first-order valence-electron chi connectivity index (χ1n) is 8.69. The topological polar surface area (TPSA) is 62.6 Å². The van der Waals surface area contributed by atoms with Gasteiger partial charge in [0.1, 0.15) is 17.8 Å². The lowest BCUT2D eigenvalue weighted by molar-refractivity contribution is -0.0150. The average molecular weight is 368 g/mol. The van der Waals surface area contributed by atoms with Crippen molar-refractivity contribution >= 4 is 10.9 Å². The first kappa shape index (κ1) is 18.9. The summed E-state index contributed by atoms with van der Waals surface area (Å²) in [6, 6.07) is 10.8. The van der Waals surface area contributed by atoms with Gasteiger partial charge in [0.05, 0.1) is 43.0 Å². The Labute approximate surface area is 158 Å². The average Bonchev–Trinajstić information content (AvgIpc) is 2.66. The zero-order chi connectivity index (χ0) is 19.6. The third-order valence-corrected chi connectivity index (χ3v) is 4.17. The standard InChI is InChI=1S/C21H24N2O4/c1-21(2,3)27-12-14-10-15(25-4)7-9-19(14)23-13-22-18-8-6-16(26-5)11-17(18)20(23)24/h6-11,13H,12H2,1-5H3. The molecule has 6 heteroatoms. The van der Waals surface area contributed by atoms with Crippen molar-refractivity contribution in [1.82, 2.24) is 9.55 Å². The van der Waals surface area contributed by atoms with Gasteiger partial charge in [0, 0.05) is 5.56 Å². The number of benzene rings is 2. The molecule has 3 aromatic rings. The third-order valence-electron chi connectivity index (χ3n) is 4.17. The lowest BCUT2D eigenvalue weighted by atomic mass is 10.1. The van der Waals surface area contributed by atoms with E-state index in [2.05, 4.69) is 4.98 Å². The van der Waals surface area contributed by atoms with Crippen LogP contribution in [0.4, 0.5) is 0 Å². The van der Waals surface area contributed by atoms with E-state index in [-0.39, 0.29) is 11.2 Å². The molecule has 0 radical (unpaired) electrons. The fourth-order valence-electron chi connectivity index (χ4n) is 2.73. The first-order valence-corrected chi connectivity index (χ1v) is 8.69. The molecule has 0 spiro atoms. The van der Waals surface area contributed by atoms with E-state index in [4.69, 9.17) is 14.2 Å². The molecule has 1 aromatic heterocycles. The van der Waals surface area contributed by atoms with Gasteiger partial charge in [-0.3, -0.25) is 9.36 Å². The molecule has 0 aliphatic carbocycles. The quantitative estimate of drug-likeness (QED) is 0.687. The minimum atomic E-state index is -0.305. The van der Waals surface area contributed by atoms with Crippen molar-refractivity contribution in [2.45, 2.75) is 33.0 Å². The van der Waals surface area contributed by atoms with E-state index >= 15 is 0 Å². The summed E-state index contributed by atoms with van der Waals surface area (Å²) in [7, 11) is 3.18. The maximum absolute atomic E-state index is 13.1. The smallest absolute Gasteiger partial charge is 0.265 e. The monoisotopic (exact) mass is 368 g/mol. The number of rotatable bonds is 5. The van der Waals surface area contributed by atoms with E-state index in [0.717, 1.165) is 5.56 Å². The summed E-state index contributed by atoms with van der Waals surface area (Å²) in [6.07, 6.45) is 1.54. The zero-order valence-electron chi connectivity index (χ0n) is 16.3. The second-order valence-electron chi connectivity index (χ2n) is 7.20. The second kappa shape index (κ2) is 7.40. The summed E-state index contributed by atoms with van der Waals surface area (Å²) >= 11 is 0. The van der Waals surface area contributed by atoms with Crippen molar-refractivity contribution in [3.63, 3.8) is 0 Å². The van der Waals surface area contributed by atoms with Crippen LogP contribution in [0.2, 0.25) is 0 Å². The lowest BCUT2D eigenvalue weighted by Crippen LogP contribution is -2.22. The molecule has 2 aromatic carbocycles. The number of fused-ring (bicyclic) bond motifs is 1. The first-order chi connectivity index (χ1) is 12.8. The molecule has 0 fully saturated rings. The van der Waals surface area contributed by atoms with E-state index in [1.165, 1.54) is 4.57 Å². The van der Waals surface area contributed by atoms with E-state index in [1.807, 2.05) is 39.0 Å². The van der Waals surface area contributed by atoms with Crippen molar-refractivity contribution < 1.29 is 14.2 Å². The number of nitrogens with zero attached hydrogens (tertiary/aromatic N) is 2. The molecule has 0 atom stereocenters. The van der Waals surface area contributed by atoms with Gasteiger partial charge in [0.25, 0.3) is 5.56 Å². The van der Waals surface area contributed by atoms with Crippen LogP contribution in [0.15, 0.2) is 47.5 Å². The molecular weight excluding hydrogens is 344 g/mol. The van der Waals surface area contributed by atoms with E-state index < -0.39 is 0 Å². The molecule has 6 nitrogen and oxygen atoms in total. The van der Waals surface area contributed by atoms with Gasteiger partial charge in [0.2, 0.25) is 0 Å². The molecule has 27 heavy (non-hydrogen) atoms. The van der Waals surface area contributed by atoms with Crippen LogP contribution in [0.3, 0.4) is 0 Å². The van der Waals surface area contributed by atoms with Crippen molar-refractivity contribution in [2.24, 2.45) is 0 Å². The third kappa shape index (κ3) is 4.11. The zero-order valence-corrected chi connectivity index (χ0v) is 16.3. The predicted octanol–water partition coefficient (Wildman–Crippen LogP) is 3.72. The highest BCUT2D eigenvalue weighted by atomic mass is 16.5.